The minimum atomic E-state index is -4.48. The molecule has 0 saturated carbocycles. The van der Waals surface area contributed by atoms with Crippen LogP contribution < -0.4 is 11.3 Å². The Hall–Kier alpha value is -1.90. The van der Waals surface area contributed by atoms with Crippen LogP contribution >= 0.6 is 0 Å². The molecule has 0 atom stereocenters. The number of carbonyl (C=O) groups excluding carboxylic acids is 1. The molecule has 1 aromatic heterocycles. The maximum absolute atomic E-state index is 12.4. The number of nitrogen functional groups attached to an aromatic ring is 1. The third-order valence-electron chi connectivity index (χ3n) is 2.24. The van der Waals surface area contributed by atoms with Crippen molar-refractivity contribution >= 4 is 11.7 Å². The van der Waals surface area contributed by atoms with Gasteiger partial charge in [-0.25, -0.2) is 10.8 Å². The highest BCUT2D eigenvalue weighted by molar-refractivity contribution is 5.92. The first kappa shape index (κ1) is 15.2. The highest BCUT2D eigenvalue weighted by Crippen LogP contribution is 2.19. The molecule has 0 aromatic carbocycles. The molecule has 0 bridgehead atoms. The van der Waals surface area contributed by atoms with E-state index in [1.165, 1.54) is 20.0 Å². The molecule has 1 aromatic rings. The number of aromatic nitrogens is 2. The number of halogens is 3. The lowest BCUT2D eigenvalue weighted by Gasteiger charge is -2.27. The zero-order valence-corrected chi connectivity index (χ0v) is 10.4. The molecular formula is C10H14F3N5O. The average molecular weight is 277 g/mol. The number of hydrogen-bond donors (Lipinski definition) is 2. The highest BCUT2D eigenvalue weighted by Gasteiger charge is 2.35. The van der Waals surface area contributed by atoms with E-state index in [9.17, 15) is 18.0 Å². The first-order chi connectivity index (χ1) is 8.74. The summed E-state index contributed by atoms with van der Waals surface area (Å²) in [6, 6.07) is -0.620. The van der Waals surface area contributed by atoms with E-state index in [1.807, 2.05) is 0 Å². The van der Waals surface area contributed by atoms with Gasteiger partial charge >= 0.3 is 6.18 Å². The van der Waals surface area contributed by atoms with Gasteiger partial charge in [-0.3, -0.25) is 9.78 Å². The van der Waals surface area contributed by atoms with Crippen LogP contribution in [0.15, 0.2) is 12.4 Å². The molecule has 0 spiro atoms. The van der Waals surface area contributed by atoms with Gasteiger partial charge in [0, 0.05) is 6.04 Å². The summed E-state index contributed by atoms with van der Waals surface area (Å²) in [7, 11) is 0. The monoisotopic (exact) mass is 277 g/mol. The molecule has 19 heavy (non-hydrogen) atoms. The van der Waals surface area contributed by atoms with Gasteiger partial charge in [0.05, 0.1) is 12.4 Å². The lowest BCUT2D eigenvalue weighted by atomic mass is 10.2. The second kappa shape index (κ2) is 5.83. The predicted molar refractivity (Wildman–Crippen MR) is 62.1 cm³/mol. The van der Waals surface area contributed by atoms with E-state index in [1.54, 1.807) is 0 Å². The van der Waals surface area contributed by atoms with Crippen molar-refractivity contribution in [3.63, 3.8) is 0 Å². The summed E-state index contributed by atoms with van der Waals surface area (Å²) in [5.74, 6) is 4.35. The van der Waals surface area contributed by atoms with Gasteiger partial charge in [0.25, 0.3) is 5.91 Å². The molecule has 0 saturated heterocycles. The maximum atomic E-state index is 12.4. The molecule has 1 heterocycles. The zero-order chi connectivity index (χ0) is 14.6. The smallest absolute Gasteiger partial charge is 0.326 e. The van der Waals surface area contributed by atoms with Gasteiger partial charge in [0.2, 0.25) is 0 Å². The van der Waals surface area contributed by atoms with E-state index in [4.69, 9.17) is 5.84 Å². The van der Waals surface area contributed by atoms with Crippen molar-refractivity contribution in [1.82, 2.24) is 14.9 Å². The minimum Gasteiger partial charge on any atom is -0.326 e. The lowest BCUT2D eigenvalue weighted by Crippen LogP contribution is -2.43. The number of alkyl halides is 3. The first-order valence-corrected chi connectivity index (χ1v) is 5.41. The summed E-state index contributed by atoms with van der Waals surface area (Å²) in [5, 5.41) is 0. The van der Waals surface area contributed by atoms with E-state index in [0.717, 1.165) is 6.20 Å². The Kier molecular flexibility index (Phi) is 4.65. The number of hydrogen-bond acceptors (Lipinski definition) is 5. The molecule has 0 radical (unpaired) electrons. The maximum Gasteiger partial charge on any atom is 0.406 e. The number of rotatable bonds is 4. The van der Waals surface area contributed by atoms with Crippen LogP contribution in [-0.2, 0) is 0 Å². The molecule has 0 aliphatic carbocycles. The average Bonchev–Trinajstić information content (AvgIpc) is 2.34. The molecule has 0 unspecified atom stereocenters. The van der Waals surface area contributed by atoms with Crippen LogP contribution in [0.2, 0.25) is 0 Å². The van der Waals surface area contributed by atoms with E-state index in [-0.39, 0.29) is 11.5 Å². The van der Waals surface area contributed by atoms with Crippen molar-refractivity contribution in [2.75, 3.05) is 12.0 Å². The van der Waals surface area contributed by atoms with Gasteiger partial charge in [0.1, 0.15) is 12.2 Å². The Morgan fingerprint density at radius 1 is 1.47 bits per heavy atom. The molecule has 3 N–H and O–H groups in total. The van der Waals surface area contributed by atoms with Gasteiger partial charge in [-0.2, -0.15) is 13.2 Å². The first-order valence-electron chi connectivity index (χ1n) is 5.41. The van der Waals surface area contributed by atoms with Crippen molar-refractivity contribution in [2.24, 2.45) is 5.84 Å². The summed E-state index contributed by atoms with van der Waals surface area (Å²) in [6.45, 7) is 1.63. The number of carbonyl (C=O) groups is 1. The predicted octanol–water partition coefficient (Wildman–Crippen LogP) is 1.18. The van der Waals surface area contributed by atoms with E-state index < -0.39 is 24.7 Å². The van der Waals surface area contributed by atoms with Crippen LogP contribution in [0.4, 0.5) is 19.0 Å². The van der Waals surface area contributed by atoms with Gasteiger partial charge in [-0.15, -0.1) is 0 Å². The zero-order valence-electron chi connectivity index (χ0n) is 10.4. The molecular weight excluding hydrogens is 263 g/mol. The molecule has 106 valence electrons. The van der Waals surface area contributed by atoms with Gasteiger partial charge < -0.3 is 10.3 Å². The molecule has 1 amide bonds. The van der Waals surface area contributed by atoms with Crippen LogP contribution in [0.25, 0.3) is 0 Å². The number of nitrogens with zero attached hydrogens (tertiary/aromatic N) is 3. The molecule has 0 aliphatic heterocycles. The number of hydrazine groups is 1. The molecule has 1 rings (SSSR count). The van der Waals surface area contributed by atoms with E-state index >= 15 is 0 Å². The summed E-state index contributed by atoms with van der Waals surface area (Å²) >= 11 is 0. The lowest BCUT2D eigenvalue weighted by molar-refractivity contribution is -0.143. The van der Waals surface area contributed by atoms with Gasteiger partial charge in [0.15, 0.2) is 5.82 Å². The third kappa shape index (κ3) is 4.36. The van der Waals surface area contributed by atoms with Crippen LogP contribution in [0, 0.1) is 0 Å². The van der Waals surface area contributed by atoms with Crippen LogP contribution in [0.5, 0.6) is 0 Å². The second-order valence-corrected chi connectivity index (χ2v) is 4.08. The molecule has 9 heteroatoms. The number of nitrogens with one attached hydrogen (secondary N) is 1. The summed E-state index contributed by atoms with van der Waals surface area (Å²) in [6.07, 6.45) is -2.13. The third-order valence-corrected chi connectivity index (χ3v) is 2.24. The topological polar surface area (TPSA) is 84.1 Å². The van der Waals surface area contributed by atoms with Crippen molar-refractivity contribution in [3.8, 4) is 0 Å². The van der Waals surface area contributed by atoms with Crippen LogP contribution in [-0.4, -0.2) is 39.5 Å². The van der Waals surface area contributed by atoms with Crippen molar-refractivity contribution in [1.29, 1.82) is 0 Å². The Labute approximate surface area is 107 Å². The Balaban J connectivity index is 2.99. The fourth-order valence-electron chi connectivity index (χ4n) is 1.37. The van der Waals surface area contributed by atoms with E-state index in [0.29, 0.717) is 4.90 Å². The van der Waals surface area contributed by atoms with Gasteiger partial charge in [-0.05, 0) is 13.8 Å². The Morgan fingerprint density at radius 2 is 2.11 bits per heavy atom. The number of amides is 1. The summed E-state index contributed by atoms with van der Waals surface area (Å²) in [5.41, 5.74) is 1.97. The summed E-state index contributed by atoms with van der Waals surface area (Å²) < 4.78 is 37.3. The Bertz CT molecular complexity index is 449. The van der Waals surface area contributed by atoms with Crippen molar-refractivity contribution in [3.05, 3.63) is 18.1 Å². The van der Waals surface area contributed by atoms with Gasteiger partial charge in [-0.1, -0.05) is 0 Å². The van der Waals surface area contributed by atoms with Crippen molar-refractivity contribution < 1.29 is 18.0 Å². The number of anilines is 1. The second-order valence-electron chi connectivity index (χ2n) is 4.08. The quantitative estimate of drug-likeness (QED) is 0.637. The highest BCUT2D eigenvalue weighted by atomic mass is 19.4. The largest absolute Gasteiger partial charge is 0.406 e. The fourth-order valence-corrected chi connectivity index (χ4v) is 1.37. The molecule has 0 aliphatic rings. The summed E-state index contributed by atoms with van der Waals surface area (Å²) in [4.78, 5) is 20.1. The van der Waals surface area contributed by atoms with Crippen LogP contribution in [0.1, 0.15) is 24.3 Å². The minimum absolute atomic E-state index is 0.0987. The van der Waals surface area contributed by atoms with Crippen molar-refractivity contribution in [2.45, 2.75) is 26.1 Å². The molecule has 6 nitrogen and oxygen atoms in total. The standard InChI is InChI=1S/C10H14F3N5O/c1-6(2)18(5-10(11,12)13)9(19)7-3-15-4-8(16-7)17-14/h3-4,6H,5,14H2,1-2H3,(H,16,17). The fraction of sp³-hybridized carbons (Fsp3) is 0.500. The normalized spacial score (nSPS) is 11.5. The van der Waals surface area contributed by atoms with E-state index in [2.05, 4.69) is 15.4 Å². The Morgan fingerprint density at radius 3 is 2.58 bits per heavy atom. The SMILES string of the molecule is CC(C)N(CC(F)(F)F)C(=O)c1cncc(NN)n1. The molecule has 0 fully saturated rings. The number of nitrogens with two attached hydrogens (primary N) is 1. The van der Waals surface area contributed by atoms with Crippen LogP contribution in [0.3, 0.4) is 0 Å².